The summed E-state index contributed by atoms with van der Waals surface area (Å²) in [6.07, 6.45) is 7.97. The summed E-state index contributed by atoms with van der Waals surface area (Å²) in [6.45, 7) is 3.98. The number of halogens is 1. The third-order valence-corrected chi connectivity index (χ3v) is 9.59. The first-order valence-corrected chi connectivity index (χ1v) is 15.4. The predicted octanol–water partition coefficient (Wildman–Crippen LogP) is 6.70. The van der Waals surface area contributed by atoms with Crippen molar-refractivity contribution in [2.75, 3.05) is 32.5 Å². The van der Waals surface area contributed by atoms with Gasteiger partial charge >= 0.3 is 0 Å². The summed E-state index contributed by atoms with van der Waals surface area (Å²) >= 11 is 0. The van der Waals surface area contributed by atoms with Crippen LogP contribution in [0.25, 0.3) is 10.8 Å². The summed E-state index contributed by atoms with van der Waals surface area (Å²) in [4.78, 5) is 2.46. The Morgan fingerprint density at radius 1 is 0.868 bits per heavy atom. The maximum absolute atomic E-state index is 12.0. The lowest BCUT2D eigenvalue weighted by atomic mass is 9.81. The SMILES string of the molecule is CS(=O)(=O)[C@H]1CC[C@@H](c2c(O)ccc3c(Oc4ccc(OCCN5CCCCC5)cc4)cccc32)CC1.Cl. The predicted molar refractivity (Wildman–Crippen MR) is 155 cm³/mol. The molecule has 206 valence electrons. The number of aromatic hydroxyl groups is 1. The first-order chi connectivity index (χ1) is 17.9. The van der Waals surface area contributed by atoms with E-state index >= 15 is 0 Å². The van der Waals surface area contributed by atoms with Gasteiger partial charge in [-0.25, -0.2) is 8.42 Å². The minimum Gasteiger partial charge on any atom is -0.508 e. The molecule has 5 rings (SSSR count). The number of nitrogens with zero attached hydrogens (tertiary/aromatic N) is 1. The lowest BCUT2D eigenvalue weighted by Crippen LogP contribution is -2.33. The fourth-order valence-corrected chi connectivity index (χ4v) is 6.97. The summed E-state index contributed by atoms with van der Waals surface area (Å²) in [7, 11) is -3.03. The van der Waals surface area contributed by atoms with Gasteiger partial charge in [0.25, 0.3) is 0 Å². The van der Waals surface area contributed by atoms with Crippen LogP contribution in [0.1, 0.15) is 56.4 Å². The molecule has 1 saturated heterocycles. The molecular formula is C30H38ClNO5S. The molecular weight excluding hydrogens is 522 g/mol. The van der Waals surface area contributed by atoms with Crippen LogP contribution < -0.4 is 9.47 Å². The number of sulfone groups is 1. The number of phenols is 1. The molecule has 0 unspecified atom stereocenters. The van der Waals surface area contributed by atoms with Gasteiger partial charge in [-0.15, -0.1) is 12.4 Å². The highest BCUT2D eigenvalue weighted by Crippen LogP contribution is 2.44. The zero-order valence-electron chi connectivity index (χ0n) is 22.0. The van der Waals surface area contributed by atoms with Crippen molar-refractivity contribution in [1.29, 1.82) is 0 Å². The lowest BCUT2D eigenvalue weighted by Gasteiger charge is -2.29. The largest absolute Gasteiger partial charge is 0.508 e. The molecule has 0 amide bonds. The topological polar surface area (TPSA) is 76.1 Å². The van der Waals surface area contributed by atoms with Crippen LogP contribution in [0.3, 0.4) is 0 Å². The van der Waals surface area contributed by atoms with Crippen LogP contribution in [0.15, 0.2) is 54.6 Å². The molecule has 8 heteroatoms. The van der Waals surface area contributed by atoms with Crippen LogP contribution in [-0.2, 0) is 9.84 Å². The molecule has 38 heavy (non-hydrogen) atoms. The number of rotatable bonds is 8. The van der Waals surface area contributed by atoms with Gasteiger partial charge < -0.3 is 14.6 Å². The summed E-state index contributed by atoms with van der Waals surface area (Å²) < 4.78 is 36.2. The van der Waals surface area contributed by atoms with Gasteiger partial charge in [0.05, 0.1) is 5.25 Å². The first kappa shape index (κ1) is 28.5. The zero-order chi connectivity index (χ0) is 25.8. The van der Waals surface area contributed by atoms with Crippen LogP contribution in [0, 0.1) is 0 Å². The molecule has 0 aromatic heterocycles. The van der Waals surface area contributed by atoms with Crippen molar-refractivity contribution in [3.8, 4) is 23.0 Å². The van der Waals surface area contributed by atoms with Crippen LogP contribution in [-0.4, -0.2) is 56.2 Å². The number of phenolic OH excluding ortho intramolecular Hbond substituents is 1. The molecule has 0 atom stereocenters. The number of hydrogen-bond acceptors (Lipinski definition) is 6. The molecule has 0 bridgehead atoms. The van der Waals surface area contributed by atoms with Crippen molar-refractivity contribution in [2.24, 2.45) is 0 Å². The third-order valence-electron chi connectivity index (χ3n) is 7.90. The summed E-state index contributed by atoms with van der Waals surface area (Å²) in [5.41, 5.74) is 0.896. The highest BCUT2D eigenvalue weighted by Gasteiger charge is 2.30. The minimum absolute atomic E-state index is 0. The Bertz CT molecular complexity index is 1310. The fraction of sp³-hybridized carbons (Fsp3) is 0.467. The number of likely N-dealkylation sites (tertiary alicyclic amines) is 1. The molecule has 2 aliphatic rings. The second-order valence-corrected chi connectivity index (χ2v) is 12.8. The van der Waals surface area contributed by atoms with Crippen molar-refractivity contribution in [1.82, 2.24) is 4.90 Å². The smallest absolute Gasteiger partial charge is 0.150 e. The zero-order valence-corrected chi connectivity index (χ0v) is 23.6. The second-order valence-electron chi connectivity index (χ2n) is 10.5. The van der Waals surface area contributed by atoms with Crippen molar-refractivity contribution >= 4 is 33.0 Å². The Kier molecular flexibility index (Phi) is 9.45. The Morgan fingerprint density at radius 3 is 2.24 bits per heavy atom. The normalized spacial score (nSPS) is 20.6. The average Bonchev–Trinajstić information content (AvgIpc) is 2.90. The average molecular weight is 560 g/mol. The van der Waals surface area contributed by atoms with E-state index < -0.39 is 9.84 Å². The van der Waals surface area contributed by atoms with Crippen LogP contribution in [0.2, 0.25) is 0 Å². The van der Waals surface area contributed by atoms with Gasteiger partial charge in [0.2, 0.25) is 0 Å². The Labute approximate surface area is 232 Å². The number of fused-ring (bicyclic) bond motifs is 1. The first-order valence-electron chi connectivity index (χ1n) is 13.4. The van der Waals surface area contributed by atoms with Crippen LogP contribution in [0.5, 0.6) is 23.0 Å². The monoisotopic (exact) mass is 559 g/mol. The van der Waals surface area contributed by atoms with E-state index in [0.29, 0.717) is 19.4 Å². The minimum atomic E-state index is -3.03. The van der Waals surface area contributed by atoms with E-state index in [9.17, 15) is 13.5 Å². The van der Waals surface area contributed by atoms with Crippen LogP contribution in [0.4, 0.5) is 0 Å². The van der Waals surface area contributed by atoms with Crippen molar-refractivity contribution < 1.29 is 23.0 Å². The molecule has 3 aromatic rings. The number of hydrogen-bond donors (Lipinski definition) is 1. The number of ether oxygens (including phenoxy) is 2. The second kappa shape index (κ2) is 12.6. The Balaban J connectivity index is 0.00000336. The van der Waals surface area contributed by atoms with E-state index in [2.05, 4.69) is 4.90 Å². The molecule has 0 radical (unpaired) electrons. The molecule has 1 aliphatic heterocycles. The highest BCUT2D eigenvalue weighted by molar-refractivity contribution is 7.91. The van der Waals surface area contributed by atoms with Gasteiger partial charge in [-0.05, 0) is 105 Å². The summed E-state index contributed by atoms with van der Waals surface area (Å²) in [5.74, 6) is 2.66. The van der Waals surface area contributed by atoms with E-state index in [0.717, 1.165) is 53.0 Å². The maximum Gasteiger partial charge on any atom is 0.150 e. The van der Waals surface area contributed by atoms with Gasteiger partial charge in [0, 0.05) is 23.8 Å². The van der Waals surface area contributed by atoms with Gasteiger partial charge in [0.1, 0.15) is 39.4 Å². The fourth-order valence-electron chi connectivity index (χ4n) is 5.85. The van der Waals surface area contributed by atoms with Gasteiger partial charge in [0.15, 0.2) is 0 Å². The molecule has 1 heterocycles. The summed E-state index contributed by atoms with van der Waals surface area (Å²) in [6, 6.07) is 17.2. The van der Waals surface area contributed by atoms with Crippen molar-refractivity contribution in [2.45, 2.75) is 56.1 Å². The van der Waals surface area contributed by atoms with E-state index in [1.807, 2.05) is 48.5 Å². The number of benzene rings is 3. The highest BCUT2D eigenvalue weighted by atomic mass is 35.5. The van der Waals surface area contributed by atoms with E-state index in [1.54, 1.807) is 6.07 Å². The third kappa shape index (κ3) is 6.74. The molecule has 0 spiro atoms. The van der Waals surface area contributed by atoms with E-state index in [4.69, 9.17) is 9.47 Å². The molecule has 6 nitrogen and oxygen atoms in total. The lowest BCUT2D eigenvalue weighted by molar-refractivity contribution is 0.183. The van der Waals surface area contributed by atoms with E-state index in [-0.39, 0.29) is 29.3 Å². The van der Waals surface area contributed by atoms with Gasteiger partial charge in [-0.2, -0.15) is 0 Å². The Hall–Kier alpha value is -2.48. The van der Waals surface area contributed by atoms with Gasteiger partial charge in [-0.1, -0.05) is 18.6 Å². The van der Waals surface area contributed by atoms with Crippen LogP contribution >= 0.6 is 12.4 Å². The Morgan fingerprint density at radius 2 is 1.55 bits per heavy atom. The quantitative estimate of drug-likeness (QED) is 0.331. The van der Waals surface area contributed by atoms with Gasteiger partial charge in [-0.3, -0.25) is 4.90 Å². The standard InChI is InChI=1S/C30H37NO5S.ClH/c1-37(33,34)25-14-8-22(9-15-25)30-27-6-5-7-29(26(27)16-17-28(30)32)36-24-12-10-23(11-13-24)35-21-20-31-18-3-2-4-19-31;/h5-7,10-13,16-17,22,25,32H,2-4,8-9,14-15,18-21H2,1H3;1H/t22-,25+;. The molecule has 1 aliphatic carbocycles. The van der Waals surface area contributed by atoms with E-state index in [1.165, 1.54) is 38.6 Å². The van der Waals surface area contributed by atoms with Crippen molar-refractivity contribution in [3.05, 3.63) is 60.2 Å². The molecule has 2 fully saturated rings. The molecule has 1 N–H and O–H groups in total. The van der Waals surface area contributed by atoms with Crippen molar-refractivity contribution in [3.63, 3.8) is 0 Å². The number of piperidine rings is 1. The summed E-state index contributed by atoms with van der Waals surface area (Å²) in [5, 5.41) is 12.4. The molecule has 1 saturated carbocycles. The molecule has 3 aromatic carbocycles. The maximum atomic E-state index is 12.0.